The average Bonchev–Trinajstić information content (AvgIpc) is 2.97. The minimum Gasteiger partial charge on any atom is -1.00 e. The first-order valence-electron chi connectivity index (χ1n) is 7.99. The topological polar surface area (TPSA) is 51.3 Å². The summed E-state index contributed by atoms with van der Waals surface area (Å²) in [5.41, 5.74) is 2.05. The molecule has 1 aliphatic heterocycles. The van der Waals surface area contributed by atoms with Crippen LogP contribution in [0.3, 0.4) is 0 Å². The molecule has 0 amide bonds. The van der Waals surface area contributed by atoms with E-state index in [0.717, 1.165) is 53.8 Å². The van der Waals surface area contributed by atoms with Gasteiger partial charge in [0.1, 0.15) is 26.2 Å². The van der Waals surface area contributed by atoms with Crippen molar-refractivity contribution >= 4 is 22.9 Å². The summed E-state index contributed by atoms with van der Waals surface area (Å²) < 4.78 is 11.6. The molecule has 24 heavy (non-hydrogen) atoms. The first-order chi connectivity index (χ1) is 11.2. The number of aromatic nitrogens is 1. The predicted molar refractivity (Wildman–Crippen MR) is 89.9 cm³/mol. The van der Waals surface area contributed by atoms with Crippen molar-refractivity contribution in [3.63, 3.8) is 0 Å². The Labute approximate surface area is 159 Å². The first kappa shape index (κ1) is 19.0. The van der Waals surface area contributed by atoms with Crippen molar-refractivity contribution < 1.29 is 42.7 Å². The molecule has 5 nitrogen and oxygen atoms in total. The summed E-state index contributed by atoms with van der Waals surface area (Å²) in [6, 6.07) is 8.01. The zero-order valence-corrected chi connectivity index (χ0v) is 16.0. The van der Waals surface area contributed by atoms with E-state index in [-0.39, 0.29) is 29.9 Å². The number of morpholine rings is 1. The van der Waals surface area contributed by atoms with Crippen LogP contribution in [0, 0.1) is 0 Å². The van der Waals surface area contributed by atoms with Crippen LogP contribution in [0.1, 0.15) is 5.56 Å². The molecule has 1 aromatic carbocycles. The molecular formula is C18H23IN2O3. The van der Waals surface area contributed by atoms with Gasteiger partial charge in [-0.05, 0) is 12.1 Å². The average molecular weight is 442 g/mol. The third kappa shape index (κ3) is 4.81. The Morgan fingerprint density at radius 2 is 2.08 bits per heavy atom. The molecule has 1 aromatic heterocycles. The normalized spacial score (nSPS) is 16.9. The molecular weight excluding hydrogens is 419 g/mol. The van der Waals surface area contributed by atoms with Gasteiger partial charge in [-0.3, -0.25) is 0 Å². The van der Waals surface area contributed by atoms with Gasteiger partial charge in [0.2, 0.25) is 0 Å². The van der Waals surface area contributed by atoms with Crippen LogP contribution in [0.2, 0.25) is 0 Å². The molecule has 1 N–H and O–H groups in total. The smallest absolute Gasteiger partial charge is 0.330 e. The van der Waals surface area contributed by atoms with Crippen molar-refractivity contribution in [3.8, 4) is 0 Å². The largest absolute Gasteiger partial charge is 1.00 e. The summed E-state index contributed by atoms with van der Waals surface area (Å²) in [6.45, 7) is 4.78. The second kappa shape index (κ2) is 8.64. The highest BCUT2D eigenvalue weighted by molar-refractivity contribution is 5.93. The molecule has 1 saturated heterocycles. The number of hydrogen-bond acceptors (Lipinski definition) is 3. The number of likely N-dealkylation sites (N-methyl/N-ethyl adjacent to an activating group) is 1. The number of carbonyl (C=O) groups excluding carboxylic acids is 1. The number of para-hydroxylation sites is 1. The second-order valence-corrected chi connectivity index (χ2v) is 6.19. The summed E-state index contributed by atoms with van der Waals surface area (Å²) in [4.78, 5) is 15.1. The van der Waals surface area contributed by atoms with Crippen LogP contribution in [0.4, 0.5) is 0 Å². The van der Waals surface area contributed by atoms with Crippen LogP contribution >= 0.6 is 0 Å². The van der Waals surface area contributed by atoms with Gasteiger partial charge in [0.15, 0.2) is 0 Å². The van der Waals surface area contributed by atoms with Gasteiger partial charge in [-0.2, -0.15) is 0 Å². The summed E-state index contributed by atoms with van der Waals surface area (Å²) in [6.07, 6.45) is 5.19. The van der Waals surface area contributed by atoms with E-state index in [4.69, 9.17) is 9.47 Å². The number of aromatic amines is 1. The second-order valence-electron chi connectivity index (χ2n) is 6.19. The maximum Gasteiger partial charge on any atom is 0.330 e. The van der Waals surface area contributed by atoms with E-state index in [0.29, 0.717) is 6.61 Å². The number of halogens is 1. The SMILES string of the molecule is C[N+]1(CCOC(=O)/C=C/c2c[nH]c3ccccc23)CCOCC1.[I-]. The lowest BCUT2D eigenvalue weighted by Crippen LogP contribution is -3.00. The van der Waals surface area contributed by atoms with Crippen LogP contribution in [0.15, 0.2) is 36.5 Å². The fourth-order valence-corrected chi connectivity index (χ4v) is 2.81. The van der Waals surface area contributed by atoms with Crippen molar-refractivity contribution in [3.05, 3.63) is 42.1 Å². The zero-order valence-electron chi connectivity index (χ0n) is 13.8. The molecule has 0 radical (unpaired) electrons. The molecule has 2 aromatic rings. The third-order valence-corrected chi connectivity index (χ3v) is 4.45. The van der Waals surface area contributed by atoms with Crippen molar-refractivity contribution in [2.45, 2.75) is 0 Å². The minimum atomic E-state index is -0.296. The molecule has 130 valence electrons. The first-order valence-corrected chi connectivity index (χ1v) is 7.99. The van der Waals surface area contributed by atoms with Crippen molar-refractivity contribution in [2.75, 3.05) is 46.5 Å². The van der Waals surface area contributed by atoms with Crippen LogP contribution in [-0.2, 0) is 14.3 Å². The Balaban J connectivity index is 0.00000208. The number of ether oxygens (including phenoxy) is 2. The van der Waals surface area contributed by atoms with Crippen LogP contribution < -0.4 is 24.0 Å². The molecule has 0 atom stereocenters. The van der Waals surface area contributed by atoms with E-state index in [9.17, 15) is 4.79 Å². The zero-order chi connectivity index (χ0) is 16.1. The van der Waals surface area contributed by atoms with E-state index in [1.54, 1.807) is 6.08 Å². The maximum atomic E-state index is 11.9. The minimum absolute atomic E-state index is 0. The van der Waals surface area contributed by atoms with Gasteiger partial charge < -0.3 is 42.9 Å². The molecule has 0 spiro atoms. The monoisotopic (exact) mass is 442 g/mol. The number of rotatable bonds is 5. The number of quaternary nitrogens is 1. The molecule has 0 bridgehead atoms. The molecule has 3 rings (SSSR count). The molecule has 2 heterocycles. The molecule has 0 saturated carbocycles. The van der Waals surface area contributed by atoms with Gasteiger partial charge in [-0.25, -0.2) is 4.79 Å². The molecule has 1 aliphatic rings. The van der Waals surface area contributed by atoms with Crippen molar-refractivity contribution in [1.29, 1.82) is 0 Å². The number of nitrogens with one attached hydrogen (secondary N) is 1. The Bertz CT molecular complexity index is 705. The summed E-state index contributed by atoms with van der Waals surface area (Å²) in [5, 5.41) is 1.10. The molecule has 1 fully saturated rings. The highest BCUT2D eigenvalue weighted by Crippen LogP contribution is 2.18. The highest BCUT2D eigenvalue weighted by Gasteiger charge is 2.25. The molecule has 0 aliphatic carbocycles. The summed E-state index contributed by atoms with van der Waals surface area (Å²) >= 11 is 0. The van der Waals surface area contributed by atoms with E-state index < -0.39 is 0 Å². The number of hydrogen-bond donors (Lipinski definition) is 1. The summed E-state index contributed by atoms with van der Waals surface area (Å²) in [7, 11) is 2.18. The standard InChI is InChI=1S/C18H22N2O3.HI/c1-20(8-11-22-12-9-20)10-13-23-18(21)7-6-15-14-19-17-5-3-2-4-16(15)17;/h2-7,14H,8-13H2,1H3;1H. The Morgan fingerprint density at radius 3 is 2.88 bits per heavy atom. The molecule has 0 unspecified atom stereocenters. The van der Waals surface area contributed by atoms with Gasteiger partial charge >= 0.3 is 5.97 Å². The number of H-pyrrole nitrogens is 1. The fourth-order valence-electron chi connectivity index (χ4n) is 2.81. The van der Waals surface area contributed by atoms with E-state index in [1.165, 1.54) is 6.08 Å². The quantitative estimate of drug-likeness (QED) is 0.286. The molecule has 6 heteroatoms. The number of fused-ring (bicyclic) bond motifs is 1. The van der Waals surface area contributed by atoms with Gasteiger partial charge in [0.05, 0.1) is 20.3 Å². The lowest BCUT2D eigenvalue weighted by atomic mass is 10.1. The predicted octanol–water partition coefficient (Wildman–Crippen LogP) is -0.795. The number of esters is 1. The Kier molecular flexibility index (Phi) is 6.82. The van der Waals surface area contributed by atoms with E-state index >= 15 is 0 Å². The number of carbonyl (C=O) groups is 1. The number of nitrogens with zero attached hydrogens (tertiary/aromatic N) is 1. The lowest BCUT2D eigenvalue weighted by Gasteiger charge is -2.37. The van der Waals surface area contributed by atoms with Crippen molar-refractivity contribution in [1.82, 2.24) is 4.98 Å². The van der Waals surface area contributed by atoms with Gasteiger partial charge in [0.25, 0.3) is 0 Å². The Hall–Kier alpha value is -1.38. The van der Waals surface area contributed by atoms with E-state index in [2.05, 4.69) is 12.0 Å². The fraction of sp³-hybridized carbons (Fsp3) is 0.389. The highest BCUT2D eigenvalue weighted by atomic mass is 127. The van der Waals surface area contributed by atoms with Crippen LogP contribution in [0.25, 0.3) is 17.0 Å². The maximum absolute atomic E-state index is 11.9. The number of benzene rings is 1. The third-order valence-electron chi connectivity index (χ3n) is 4.45. The lowest BCUT2D eigenvalue weighted by molar-refractivity contribution is -0.917. The van der Waals surface area contributed by atoms with Crippen LogP contribution in [0.5, 0.6) is 0 Å². The summed E-state index contributed by atoms with van der Waals surface area (Å²) in [5.74, 6) is -0.296. The van der Waals surface area contributed by atoms with Crippen LogP contribution in [-0.4, -0.2) is 61.9 Å². The van der Waals surface area contributed by atoms with Gasteiger partial charge in [-0.15, -0.1) is 0 Å². The van der Waals surface area contributed by atoms with Gasteiger partial charge in [0, 0.05) is 28.7 Å². The Morgan fingerprint density at radius 1 is 1.33 bits per heavy atom. The van der Waals surface area contributed by atoms with Gasteiger partial charge in [-0.1, -0.05) is 18.2 Å². The van der Waals surface area contributed by atoms with Crippen molar-refractivity contribution in [2.24, 2.45) is 0 Å². The van der Waals surface area contributed by atoms with E-state index in [1.807, 2.05) is 30.5 Å².